The van der Waals surface area contributed by atoms with Crippen LogP contribution in [0, 0.1) is 0 Å². The van der Waals surface area contributed by atoms with Crippen molar-refractivity contribution in [2.45, 2.75) is 0 Å². The van der Waals surface area contributed by atoms with Crippen molar-refractivity contribution in [1.82, 2.24) is 4.57 Å². The molecule has 0 atom stereocenters. The zero-order valence-corrected chi connectivity index (χ0v) is 26.8. The van der Waals surface area contributed by atoms with Gasteiger partial charge in [-0.1, -0.05) is 133 Å². The Hall–Kier alpha value is -5.96. The molecule has 0 amide bonds. The van der Waals surface area contributed by atoms with Crippen molar-refractivity contribution in [2.24, 2.45) is 0 Å². The van der Waals surface area contributed by atoms with Crippen molar-refractivity contribution < 1.29 is 0 Å². The Morgan fingerprint density at radius 2 is 0.938 bits per heavy atom. The van der Waals surface area contributed by atoms with E-state index in [-0.39, 0.29) is 0 Å². The summed E-state index contributed by atoms with van der Waals surface area (Å²) in [5.74, 6) is 0. The van der Waals surface area contributed by atoms with Crippen molar-refractivity contribution in [1.29, 1.82) is 0 Å². The second-order valence-corrected chi connectivity index (χ2v) is 13.9. The van der Waals surface area contributed by atoms with E-state index in [4.69, 9.17) is 0 Å². The molecule has 0 aliphatic carbocycles. The van der Waals surface area contributed by atoms with Crippen molar-refractivity contribution in [3.63, 3.8) is 0 Å². The Labute approximate surface area is 280 Å². The SMILES string of the molecule is c1ccc(-c2ccc3ccc4c(-c5ccc(-n6c7ccccc7c7ccc8sc9ccccc9c8c76)cc5)ccc5ccc2c3c54)cc1. The molecule has 11 aromatic rings. The summed E-state index contributed by atoms with van der Waals surface area (Å²) >= 11 is 1.88. The summed E-state index contributed by atoms with van der Waals surface area (Å²) < 4.78 is 5.14. The lowest BCUT2D eigenvalue weighted by Gasteiger charge is -2.17. The summed E-state index contributed by atoms with van der Waals surface area (Å²) in [4.78, 5) is 0. The zero-order chi connectivity index (χ0) is 31.3. The summed E-state index contributed by atoms with van der Waals surface area (Å²) in [5, 5.41) is 13.1. The maximum Gasteiger partial charge on any atom is 0.0634 e. The van der Waals surface area contributed by atoms with Gasteiger partial charge >= 0.3 is 0 Å². The van der Waals surface area contributed by atoms with Crippen molar-refractivity contribution >= 4 is 85.6 Å². The molecule has 9 aromatic carbocycles. The van der Waals surface area contributed by atoms with E-state index in [1.807, 2.05) is 11.3 Å². The minimum Gasteiger partial charge on any atom is -0.309 e. The van der Waals surface area contributed by atoms with E-state index in [1.165, 1.54) is 102 Å². The molecule has 0 bridgehead atoms. The van der Waals surface area contributed by atoms with Crippen LogP contribution in [0.5, 0.6) is 0 Å². The third kappa shape index (κ3) is 3.55. The second-order valence-electron chi connectivity index (χ2n) is 12.8. The second kappa shape index (κ2) is 9.78. The molecular weight excluding hydrogens is 599 g/mol. The monoisotopic (exact) mass is 625 g/mol. The Balaban J connectivity index is 1.13. The molecule has 2 heteroatoms. The molecule has 1 nitrogen and oxygen atoms in total. The van der Waals surface area contributed by atoms with E-state index >= 15 is 0 Å². The van der Waals surface area contributed by atoms with Gasteiger partial charge in [0.05, 0.1) is 11.0 Å². The molecule has 0 fully saturated rings. The van der Waals surface area contributed by atoms with Crippen LogP contribution in [-0.4, -0.2) is 4.57 Å². The topological polar surface area (TPSA) is 4.93 Å². The van der Waals surface area contributed by atoms with Crippen molar-refractivity contribution in [2.75, 3.05) is 0 Å². The highest BCUT2D eigenvalue weighted by Gasteiger charge is 2.19. The fraction of sp³-hybridized carbons (Fsp3) is 0. The first-order valence-corrected chi connectivity index (χ1v) is 17.3. The van der Waals surface area contributed by atoms with Gasteiger partial charge in [-0.3, -0.25) is 0 Å². The van der Waals surface area contributed by atoms with Crippen molar-refractivity contribution in [3.05, 3.63) is 164 Å². The number of thiophene rings is 1. The van der Waals surface area contributed by atoms with E-state index in [9.17, 15) is 0 Å². The summed E-state index contributed by atoms with van der Waals surface area (Å²) in [5.41, 5.74) is 8.73. The van der Waals surface area contributed by atoms with E-state index in [0.29, 0.717) is 0 Å². The van der Waals surface area contributed by atoms with Gasteiger partial charge in [-0.2, -0.15) is 0 Å². The van der Waals surface area contributed by atoms with E-state index in [1.54, 1.807) is 0 Å². The molecule has 2 heterocycles. The molecule has 222 valence electrons. The normalized spacial score (nSPS) is 12.2. The molecule has 0 saturated heterocycles. The first kappa shape index (κ1) is 26.1. The Morgan fingerprint density at radius 3 is 1.67 bits per heavy atom. The summed E-state index contributed by atoms with van der Waals surface area (Å²) in [6.45, 7) is 0. The van der Waals surface area contributed by atoms with Crippen LogP contribution in [0.4, 0.5) is 0 Å². The van der Waals surface area contributed by atoms with Crippen LogP contribution in [0.1, 0.15) is 0 Å². The number of nitrogens with zero attached hydrogens (tertiary/aromatic N) is 1. The average molecular weight is 626 g/mol. The third-order valence-corrected chi connectivity index (χ3v) is 11.5. The van der Waals surface area contributed by atoms with E-state index in [2.05, 4.69) is 168 Å². The van der Waals surface area contributed by atoms with Crippen LogP contribution >= 0.6 is 11.3 Å². The highest BCUT2D eigenvalue weighted by Crippen LogP contribution is 2.45. The number of hydrogen-bond donors (Lipinski definition) is 0. The number of fused-ring (bicyclic) bond motifs is 7. The Morgan fingerprint density at radius 1 is 0.354 bits per heavy atom. The van der Waals surface area contributed by atoms with Gasteiger partial charge in [0.2, 0.25) is 0 Å². The van der Waals surface area contributed by atoms with Crippen LogP contribution in [0.2, 0.25) is 0 Å². The molecule has 0 saturated carbocycles. The summed E-state index contributed by atoms with van der Waals surface area (Å²) in [7, 11) is 0. The number of aromatic nitrogens is 1. The van der Waals surface area contributed by atoms with Crippen LogP contribution in [0.15, 0.2) is 164 Å². The highest BCUT2D eigenvalue weighted by atomic mass is 32.1. The lowest BCUT2D eigenvalue weighted by atomic mass is 9.87. The maximum atomic E-state index is 2.48. The molecule has 48 heavy (non-hydrogen) atoms. The smallest absolute Gasteiger partial charge is 0.0634 e. The van der Waals surface area contributed by atoms with Gasteiger partial charge in [-0.05, 0) is 84.9 Å². The molecule has 0 aliphatic rings. The van der Waals surface area contributed by atoms with Gasteiger partial charge in [0.1, 0.15) is 0 Å². The van der Waals surface area contributed by atoms with Gasteiger partial charge in [-0.15, -0.1) is 11.3 Å². The lowest BCUT2D eigenvalue weighted by molar-refractivity contribution is 1.19. The fourth-order valence-electron chi connectivity index (χ4n) is 8.25. The Kier molecular flexibility index (Phi) is 5.32. The predicted molar refractivity (Wildman–Crippen MR) is 208 cm³/mol. The van der Waals surface area contributed by atoms with Gasteiger partial charge in [0.25, 0.3) is 0 Å². The summed E-state index contributed by atoms with van der Waals surface area (Å²) in [6.07, 6.45) is 0. The number of hydrogen-bond acceptors (Lipinski definition) is 1. The van der Waals surface area contributed by atoms with E-state index < -0.39 is 0 Å². The lowest BCUT2D eigenvalue weighted by Crippen LogP contribution is -1.94. The van der Waals surface area contributed by atoms with Gasteiger partial charge in [0, 0.05) is 36.6 Å². The first-order valence-electron chi connectivity index (χ1n) is 16.5. The van der Waals surface area contributed by atoms with Crippen molar-refractivity contribution in [3.8, 4) is 27.9 Å². The molecule has 11 rings (SSSR count). The molecular formula is C46H27NS. The summed E-state index contributed by atoms with van der Waals surface area (Å²) in [6, 6.07) is 60.6. The minimum absolute atomic E-state index is 1.18. The quantitative estimate of drug-likeness (QED) is 0.172. The van der Waals surface area contributed by atoms with Crippen LogP contribution < -0.4 is 0 Å². The molecule has 0 N–H and O–H groups in total. The molecule has 0 unspecified atom stereocenters. The number of benzene rings is 9. The van der Waals surface area contributed by atoms with Gasteiger partial charge in [0.15, 0.2) is 0 Å². The van der Waals surface area contributed by atoms with Crippen LogP contribution in [0.3, 0.4) is 0 Å². The van der Waals surface area contributed by atoms with E-state index in [0.717, 1.165) is 0 Å². The molecule has 2 aromatic heterocycles. The predicted octanol–water partition coefficient (Wildman–Crippen LogP) is 13.4. The molecule has 0 spiro atoms. The Bertz CT molecular complexity index is 3030. The first-order chi connectivity index (χ1) is 23.8. The fourth-order valence-corrected chi connectivity index (χ4v) is 9.35. The highest BCUT2D eigenvalue weighted by molar-refractivity contribution is 7.26. The standard InChI is InChI=1S/C46H27NS/c1-2-8-28(9-3-1)33-22-16-30-19-25-37-34(23-17-31-18-24-36(33)43(30)44(31)37)29-14-20-32(21-15-29)47-40-12-6-4-10-35(40)38-26-27-42-45(46(38)47)39-11-5-7-13-41(39)48-42/h1-27H. The number of para-hydroxylation sites is 1. The van der Waals surface area contributed by atoms with Crippen LogP contribution in [0.25, 0.3) is 102 Å². The molecule has 0 aliphatic heterocycles. The minimum atomic E-state index is 1.18. The zero-order valence-electron chi connectivity index (χ0n) is 25.9. The van der Waals surface area contributed by atoms with Gasteiger partial charge < -0.3 is 4.57 Å². The maximum absolute atomic E-state index is 2.48. The number of rotatable bonds is 3. The third-order valence-electron chi connectivity index (χ3n) is 10.4. The largest absolute Gasteiger partial charge is 0.309 e. The van der Waals surface area contributed by atoms with Crippen LogP contribution in [-0.2, 0) is 0 Å². The van der Waals surface area contributed by atoms with Gasteiger partial charge in [-0.25, -0.2) is 0 Å². The molecule has 0 radical (unpaired) electrons. The average Bonchev–Trinajstić information content (AvgIpc) is 3.70.